The van der Waals surface area contributed by atoms with Gasteiger partial charge in [0.15, 0.2) is 5.82 Å². The number of anilines is 1. The molecule has 1 aliphatic heterocycles. The van der Waals surface area contributed by atoms with Crippen LogP contribution >= 0.6 is 0 Å². The fourth-order valence-corrected chi connectivity index (χ4v) is 3.52. The number of hydrogen-bond acceptors (Lipinski definition) is 4. The van der Waals surface area contributed by atoms with Crippen LogP contribution < -0.4 is 4.90 Å². The molecule has 2 aromatic heterocycles. The summed E-state index contributed by atoms with van der Waals surface area (Å²) in [6.45, 7) is 0.340. The fraction of sp³-hybridized carbons (Fsp3) is 0.250. The standard InChI is InChI=1S/C20H17F3N4O2/c21-20(22,23)15-9-13(1-2-17(15)28)14-5-8-27(19(29)10-14)18-11-16(25-26-18)12-3-6-24-7-4-12/h1-4,6-7,9,11,14,28H,5,8,10H2,(H,25,26). The number of piperidine rings is 1. The lowest BCUT2D eigenvalue weighted by Gasteiger charge is -2.30. The van der Waals surface area contributed by atoms with Crippen molar-refractivity contribution in [3.8, 4) is 17.0 Å². The SMILES string of the molecule is O=C1CC(c2ccc(O)c(C(F)(F)F)c2)CCN1c1cc(-c2ccncc2)[nH]n1. The molecule has 29 heavy (non-hydrogen) atoms. The van der Waals surface area contributed by atoms with Crippen molar-refractivity contribution in [2.24, 2.45) is 0 Å². The smallest absolute Gasteiger partial charge is 0.419 e. The number of carbonyl (C=O) groups is 1. The number of hydrogen-bond donors (Lipinski definition) is 2. The van der Waals surface area contributed by atoms with Crippen molar-refractivity contribution in [2.45, 2.75) is 24.9 Å². The highest BCUT2D eigenvalue weighted by atomic mass is 19.4. The summed E-state index contributed by atoms with van der Waals surface area (Å²) in [6, 6.07) is 8.79. The molecule has 2 N–H and O–H groups in total. The summed E-state index contributed by atoms with van der Waals surface area (Å²) in [5, 5.41) is 16.6. The van der Waals surface area contributed by atoms with Crippen LogP contribution in [0, 0.1) is 0 Å². The minimum atomic E-state index is -4.65. The van der Waals surface area contributed by atoms with Crippen LogP contribution in [-0.2, 0) is 11.0 Å². The van der Waals surface area contributed by atoms with Gasteiger partial charge in [-0.25, -0.2) is 0 Å². The molecular formula is C20H17F3N4O2. The number of pyridine rings is 1. The Labute approximate surface area is 164 Å². The quantitative estimate of drug-likeness (QED) is 0.691. The summed E-state index contributed by atoms with van der Waals surface area (Å²) >= 11 is 0. The molecule has 1 amide bonds. The fourth-order valence-electron chi connectivity index (χ4n) is 3.52. The first kappa shape index (κ1) is 19.0. The third-order valence-electron chi connectivity index (χ3n) is 5.05. The van der Waals surface area contributed by atoms with Crippen molar-refractivity contribution in [2.75, 3.05) is 11.4 Å². The molecule has 3 aromatic rings. The number of nitrogens with zero attached hydrogens (tertiary/aromatic N) is 3. The van der Waals surface area contributed by atoms with Gasteiger partial charge in [0.25, 0.3) is 0 Å². The van der Waals surface area contributed by atoms with Gasteiger partial charge in [-0.1, -0.05) is 6.07 Å². The predicted molar refractivity (Wildman–Crippen MR) is 99.3 cm³/mol. The molecule has 1 atom stereocenters. The van der Waals surface area contributed by atoms with E-state index in [1.165, 1.54) is 11.0 Å². The lowest BCUT2D eigenvalue weighted by atomic mass is 9.88. The van der Waals surface area contributed by atoms with Crippen molar-refractivity contribution >= 4 is 11.7 Å². The van der Waals surface area contributed by atoms with Crippen molar-refractivity contribution in [3.05, 3.63) is 59.9 Å². The predicted octanol–water partition coefficient (Wildman–Crippen LogP) is 4.11. The number of aromatic amines is 1. The first-order chi connectivity index (χ1) is 13.8. The average Bonchev–Trinajstić information content (AvgIpc) is 3.18. The van der Waals surface area contributed by atoms with Crippen LogP contribution in [0.15, 0.2) is 48.8 Å². The molecule has 0 radical (unpaired) electrons. The van der Waals surface area contributed by atoms with Crippen molar-refractivity contribution in [1.82, 2.24) is 15.2 Å². The highest BCUT2D eigenvalue weighted by Crippen LogP contribution is 2.39. The zero-order valence-corrected chi connectivity index (χ0v) is 15.1. The van der Waals surface area contributed by atoms with Gasteiger partial charge in [-0.2, -0.15) is 18.3 Å². The van der Waals surface area contributed by atoms with Crippen molar-refractivity contribution in [3.63, 3.8) is 0 Å². The van der Waals surface area contributed by atoms with Crippen LogP contribution in [0.3, 0.4) is 0 Å². The summed E-state index contributed by atoms with van der Waals surface area (Å²) < 4.78 is 39.1. The normalized spacial score (nSPS) is 17.6. The number of halogens is 3. The first-order valence-electron chi connectivity index (χ1n) is 8.99. The van der Waals surface area contributed by atoms with Crippen LogP contribution in [0.25, 0.3) is 11.3 Å². The second-order valence-corrected chi connectivity index (χ2v) is 6.89. The average molecular weight is 402 g/mol. The number of aromatic nitrogens is 3. The molecule has 3 heterocycles. The van der Waals surface area contributed by atoms with Gasteiger partial charge in [0.2, 0.25) is 5.91 Å². The first-order valence-corrected chi connectivity index (χ1v) is 8.99. The third kappa shape index (κ3) is 3.80. The Bertz CT molecular complexity index is 1030. The monoisotopic (exact) mass is 402 g/mol. The summed E-state index contributed by atoms with van der Waals surface area (Å²) in [4.78, 5) is 18.2. The molecule has 1 unspecified atom stereocenters. The van der Waals surface area contributed by atoms with Gasteiger partial charge >= 0.3 is 6.18 Å². The third-order valence-corrected chi connectivity index (χ3v) is 5.05. The lowest BCUT2D eigenvalue weighted by Crippen LogP contribution is -2.38. The molecule has 0 aliphatic carbocycles. The van der Waals surface area contributed by atoms with E-state index in [4.69, 9.17) is 0 Å². The number of H-pyrrole nitrogens is 1. The number of rotatable bonds is 3. The summed E-state index contributed by atoms with van der Waals surface area (Å²) in [5.41, 5.74) is 0.928. The van der Waals surface area contributed by atoms with E-state index >= 15 is 0 Å². The number of amides is 1. The van der Waals surface area contributed by atoms with E-state index < -0.39 is 17.5 Å². The Kier molecular flexibility index (Phi) is 4.73. The van der Waals surface area contributed by atoms with Gasteiger partial charge < -0.3 is 5.11 Å². The zero-order chi connectivity index (χ0) is 20.6. The molecule has 9 heteroatoms. The van der Waals surface area contributed by atoms with E-state index in [2.05, 4.69) is 15.2 Å². The molecule has 0 spiro atoms. The maximum Gasteiger partial charge on any atom is 0.419 e. The Hall–Kier alpha value is -3.36. The second-order valence-electron chi connectivity index (χ2n) is 6.89. The molecule has 150 valence electrons. The molecular weight excluding hydrogens is 385 g/mol. The number of nitrogens with one attached hydrogen (secondary N) is 1. The Morgan fingerprint density at radius 3 is 2.59 bits per heavy atom. The topological polar surface area (TPSA) is 82.1 Å². The van der Waals surface area contributed by atoms with Crippen LogP contribution in [-0.4, -0.2) is 32.7 Å². The van der Waals surface area contributed by atoms with Crippen molar-refractivity contribution in [1.29, 1.82) is 0 Å². The highest BCUT2D eigenvalue weighted by molar-refractivity contribution is 5.94. The van der Waals surface area contributed by atoms with E-state index in [1.807, 2.05) is 12.1 Å². The number of phenolic OH excluding ortho intramolecular Hbond substituents is 1. The Balaban J connectivity index is 1.51. The largest absolute Gasteiger partial charge is 0.507 e. The number of phenols is 1. The summed E-state index contributed by atoms with van der Waals surface area (Å²) in [6.07, 6.45) is -0.785. The lowest BCUT2D eigenvalue weighted by molar-refractivity contribution is -0.138. The molecule has 1 fully saturated rings. The van der Waals surface area contributed by atoms with E-state index in [0.717, 1.165) is 23.4 Å². The van der Waals surface area contributed by atoms with Gasteiger partial charge in [0.05, 0.1) is 11.3 Å². The number of carbonyl (C=O) groups excluding carboxylic acids is 1. The van der Waals surface area contributed by atoms with Gasteiger partial charge in [-0.3, -0.25) is 19.8 Å². The maximum absolute atomic E-state index is 13.0. The zero-order valence-electron chi connectivity index (χ0n) is 15.1. The number of aromatic hydroxyl groups is 1. The number of benzene rings is 1. The van der Waals surface area contributed by atoms with E-state index in [1.54, 1.807) is 18.5 Å². The van der Waals surface area contributed by atoms with Crippen LogP contribution in [0.2, 0.25) is 0 Å². The molecule has 4 rings (SSSR count). The van der Waals surface area contributed by atoms with Gasteiger partial charge in [0.1, 0.15) is 5.75 Å². The molecule has 1 saturated heterocycles. The molecule has 0 saturated carbocycles. The minimum absolute atomic E-state index is 0.0690. The highest BCUT2D eigenvalue weighted by Gasteiger charge is 2.36. The maximum atomic E-state index is 13.0. The Morgan fingerprint density at radius 2 is 1.90 bits per heavy atom. The van der Waals surface area contributed by atoms with Crippen LogP contribution in [0.1, 0.15) is 29.9 Å². The van der Waals surface area contributed by atoms with E-state index in [-0.39, 0.29) is 18.2 Å². The molecule has 6 nitrogen and oxygen atoms in total. The number of alkyl halides is 3. The minimum Gasteiger partial charge on any atom is -0.507 e. The van der Waals surface area contributed by atoms with E-state index in [0.29, 0.717) is 24.3 Å². The van der Waals surface area contributed by atoms with Gasteiger partial charge in [-0.05, 0) is 42.2 Å². The molecule has 1 aromatic carbocycles. The summed E-state index contributed by atoms with van der Waals surface area (Å²) in [7, 11) is 0. The van der Waals surface area contributed by atoms with Crippen molar-refractivity contribution < 1.29 is 23.1 Å². The van der Waals surface area contributed by atoms with Crippen LogP contribution in [0.4, 0.5) is 19.0 Å². The van der Waals surface area contributed by atoms with Gasteiger partial charge in [0, 0.05) is 37.0 Å². The summed E-state index contributed by atoms with van der Waals surface area (Å²) in [5.74, 6) is -0.901. The molecule has 0 bridgehead atoms. The molecule has 1 aliphatic rings. The van der Waals surface area contributed by atoms with Gasteiger partial charge in [-0.15, -0.1) is 0 Å². The van der Waals surface area contributed by atoms with Crippen LogP contribution in [0.5, 0.6) is 5.75 Å². The Morgan fingerprint density at radius 1 is 1.14 bits per heavy atom. The second kappa shape index (κ2) is 7.23. The van der Waals surface area contributed by atoms with E-state index in [9.17, 15) is 23.1 Å².